The number of fused-ring (bicyclic) bond motifs is 1. The Morgan fingerprint density at radius 3 is 2.91 bits per heavy atom. The van der Waals surface area contributed by atoms with Gasteiger partial charge in [0.1, 0.15) is 12.4 Å². The van der Waals surface area contributed by atoms with Crippen LogP contribution in [0.15, 0.2) is 47.4 Å². The highest BCUT2D eigenvalue weighted by atomic mass is 32.2. The Morgan fingerprint density at radius 1 is 1.27 bits per heavy atom. The summed E-state index contributed by atoms with van der Waals surface area (Å²) in [4.78, 5) is 24.3. The molecule has 3 rings (SSSR count). The molecule has 1 heterocycles. The van der Waals surface area contributed by atoms with Crippen LogP contribution in [-0.4, -0.2) is 17.6 Å². The Balaban J connectivity index is 1.72. The van der Waals surface area contributed by atoms with Gasteiger partial charge in [-0.2, -0.15) is 0 Å². The smallest absolute Gasteiger partial charge is 0.338 e. The van der Waals surface area contributed by atoms with Gasteiger partial charge in [0.15, 0.2) is 0 Å². The maximum Gasteiger partial charge on any atom is 0.338 e. The third kappa shape index (κ3) is 3.12. The average Bonchev–Trinajstić information content (AvgIpc) is 2.53. The predicted octanol–water partition coefficient (Wildman–Crippen LogP) is 3.23. The van der Waals surface area contributed by atoms with Gasteiger partial charge in [0.05, 0.1) is 17.0 Å². The van der Waals surface area contributed by atoms with Crippen LogP contribution in [0, 0.1) is 5.82 Å². The van der Waals surface area contributed by atoms with Crippen molar-refractivity contribution in [3.05, 3.63) is 59.4 Å². The second-order valence-corrected chi connectivity index (χ2v) is 5.73. The van der Waals surface area contributed by atoms with Crippen molar-refractivity contribution < 1.29 is 18.7 Å². The van der Waals surface area contributed by atoms with E-state index in [9.17, 15) is 14.0 Å². The number of thioether (sulfide) groups is 1. The summed E-state index contributed by atoms with van der Waals surface area (Å²) in [6.45, 7) is -0.135. The fraction of sp³-hybridized carbons (Fsp3) is 0.125. The van der Waals surface area contributed by atoms with Gasteiger partial charge in [-0.15, -0.1) is 11.8 Å². The molecule has 0 radical (unpaired) electrons. The first-order valence-corrected chi connectivity index (χ1v) is 7.59. The van der Waals surface area contributed by atoms with Crippen molar-refractivity contribution in [1.29, 1.82) is 0 Å². The van der Waals surface area contributed by atoms with E-state index < -0.39 is 11.8 Å². The highest BCUT2D eigenvalue weighted by Gasteiger charge is 2.18. The minimum Gasteiger partial charge on any atom is -0.457 e. The molecule has 0 aliphatic carbocycles. The quantitative estimate of drug-likeness (QED) is 0.883. The number of carbonyl (C=O) groups excluding carboxylic acids is 2. The highest BCUT2D eigenvalue weighted by Crippen LogP contribution is 2.32. The summed E-state index contributed by atoms with van der Waals surface area (Å²) < 4.78 is 18.6. The van der Waals surface area contributed by atoms with Crippen LogP contribution in [0.3, 0.4) is 0 Å². The zero-order chi connectivity index (χ0) is 15.5. The number of halogens is 1. The molecule has 2 aromatic carbocycles. The Kier molecular flexibility index (Phi) is 4.11. The van der Waals surface area contributed by atoms with Crippen molar-refractivity contribution in [1.82, 2.24) is 0 Å². The molecular weight excluding hydrogens is 305 g/mol. The molecule has 0 bridgehead atoms. The third-order valence-corrected chi connectivity index (χ3v) is 4.24. The molecule has 112 valence electrons. The fourth-order valence-electron chi connectivity index (χ4n) is 2.05. The summed E-state index contributed by atoms with van der Waals surface area (Å²) in [6, 6.07) is 11.1. The van der Waals surface area contributed by atoms with Gasteiger partial charge >= 0.3 is 5.97 Å². The van der Waals surface area contributed by atoms with Gasteiger partial charge in [-0.1, -0.05) is 18.2 Å². The highest BCUT2D eigenvalue weighted by molar-refractivity contribution is 8.00. The Labute approximate surface area is 130 Å². The molecule has 1 aliphatic rings. The molecule has 0 atom stereocenters. The summed E-state index contributed by atoms with van der Waals surface area (Å²) in [5.41, 5.74) is 1.23. The summed E-state index contributed by atoms with van der Waals surface area (Å²) in [7, 11) is 0. The maximum atomic E-state index is 13.5. The molecule has 0 saturated heterocycles. The van der Waals surface area contributed by atoms with E-state index in [0.29, 0.717) is 22.6 Å². The normalized spacial score (nSPS) is 13.2. The molecule has 1 N–H and O–H groups in total. The van der Waals surface area contributed by atoms with Gasteiger partial charge in [-0.25, -0.2) is 9.18 Å². The Bertz CT molecular complexity index is 748. The van der Waals surface area contributed by atoms with E-state index in [1.54, 1.807) is 36.4 Å². The number of rotatable bonds is 3. The van der Waals surface area contributed by atoms with Crippen molar-refractivity contribution in [2.24, 2.45) is 0 Å². The fourth-order valence-corrected chi connectivity index (χ4v) is 2.84. The number of hydrogen-bond acceptors (Lipinski definition) is 4. The molecule has 1 amide bonds. The number of benzene rings is 2. The van der Waals surface area contributed by atoms with Gasteiger partial charge in [0, 0.05) is 10.5 Å². The first-order valence-electron chi connectivity index (χ1n) is 6.61. The van der Waals surface area contributed by atoms with E-state index in [-0.39, 0.29) is 12.5 Å². The maximum absolute atomic E-state index is 13.5. The summed E-state index contributed by atoms with van der Waals surface area (Å²) in [5, 5.41) is 2.71. The van der Waals surface area contributed by atoms with Gasteiger partial charge in [-0.3, -0.25) is 4.79 Å². The van der Waals surface area contributed by atoms with Crippen molar-refractivity contribution in [2.45, 2.75) is 11.5 Å². The van der Waals surface area contributed by atoms with E-state index in [0.717, 1.165) is 4.90 Å². The Morgan fingerprint density at radius 2 is 2.09 bits per heavy atom. The minimum absolute atomic E-state index is 0.102. The SMILES string of the molecule is O=C1CSc2ccc(C(=O)OCc3ccccc3F)cc2N1. The van der Waals surface area contributed by atoms with Gasteiger partial charge in [0.2, 0.25) is 5.91 Å². The number of anilines is 1. The lowest BCUT2D eigenvalue weighted by molar-refractivity contribution is -0.113. The molecule has 22 heavy (non-hydrogen) atoms. The zero-order valence-corrected chi connectivity index (χ0v) is 12.3. The van der Waals surface area contributed by atoms with Crippen LogP contribution >= 0.6 is 11.8 Å². The zero-order valence-electron chi connectivity index (χ0n) is 11.5. The van der Waals surface area contributed by atoms with Crippen molar-refractivity contribution in [3.63, 3.8) is 0 Å². The Hall–Kier alpha value is -2.34. The lowest BCUT2D eigenvalue weighted by Crippen LogP contribution is -2.19. The number of carbonyl (C=O) groups is 2. The van der Waals surface area contributed by atoms with Crippen LogP contribution in [-0.2, 0) is 16.1 Å². The molecular formula is C16H12FNO3S. The van der Waals surface area contributed by atoms with E-state index in [4.69, 9.17) is 4.74 Å². The summed E-state index contributed by atoms with van der Waals surface area (Å²) in [6.07, 6.45) is 0. The molecule has 2 aromatic rings. The van der Waals surface area contributed by atoms with E-state index >= 15 is 0 Å². The summed E-state index contributed by atoms with van der Waals surface area (Å²) in [5.74, 6) is -0.709. The topological polar surface area (TPSA) is 55.4 Å². The predicted molar refractivity (Wildman–Crippen MR) is 81.3 cm³/mol. The first-order chi connectivity index (χ1) is 10.6. The minimum atomic E-state index is -0.559. The van der Waals surface area contributed by atoms with Crippen LogP contribution in [0.5, 0.6) is 0 Å². The standard InChI is InChI=1S/C16H12FNO3S/c17-12-4-2-1-3-11(12)8-21-16(20)10-5-6-14-13(7-10)18-15(19)9-22-14/h1-7H,8-9H2,(H,18,19). The van der Waals surface area contributed by atoms with Crippen molar-refractivity contribution in [2.75, 3.05) is 11.1 Å². The molecule has 4 nitrogen and oxygen atoms in total. The number of esters is 1. The van der Waals surface area contributed by atoms with Crippen molar-refractivity contribution in [3.8, 4) is 0 Å². The number of ether oxygens (including phenoxy) is 1. The number of nitrogens with one attached hydrogen (secondary N) is 1. The van der Waals surface area contributed by atoms with E-state index in [1.807, 2.05) is 0 Å². The van der Waals surface area contributed by atoms with Crippen LogP contribution < -0.4 is 5.32 Å². The lowest BCUT2D eigenvalue weighted by Gasteiger charge is -2.16. The second kappa shape index (κ2) is 6.19. The van der Waals surface area contributed by atoms with Gasteiger partial charge in [0.25, 0.3) is 0 Å². The van der Waals surface area contributed by atoms with Crippen LogP contribution in [0.1, 0.15) is 15.9 Å². The lowest BCUT2D eigenvalue weighted by atomic mass is 10.2. The third-order valence-electron chi connectivity index (χ3n) is 3.16. The van der Waals surface area contributed by atoms with Crippen molar-refractivity contribution >= 4 is 29.3 Å². The molecule has 0 fully saturated rings. The second-order valence-electron chi connectivity index (χ2n) is 4.72. The largest absolute Gasteiger partial charge is 0.457 e. The molecule has 0 spiro atoms. The molecule has 0 saturated carbocycles. The van der Waals surface area contributed by atoms with Gasteiger partial charge in [-0.05, 0) is 24.3 Å². The summed E-state index contributed by atoms with van der Waals surface area (Å²) >= 11 is 1.42. The average molecular weight is 317 g/mol. The first kappa shape index (κ1) is 14.6. The van der Waals surface area contributed by atoms with Crippen LogP contribution in [0.25, 0.3) is 0 Å². The van der Waals surface area contributed by atoms with E-state index in [2.05, 4.69) is 5.32 Å². The van der Waals surface area contributed by atoms with Crippen LogP contribution in [0.4, 0.5) is 10.1 Å². The molecule has 0 aromatic heterocycles. The van der Waals surface area contributed by atoms with Gasteiger partial charge < -0.3 is 10.1 Å². The molecule has 6 heteroatoms. The number of hydrogen-bond donors (Lipinski definition) is 1. The molecule has 1 aliphatic heterocycles. The van der Waals surface area contributed by atoms with E-state index in [1.165, 1.54) is 17.8 Å². The van der Waals surface area contributed by atoms with Crippen LogP contribution in [0.2, 0.25) is 0 Å². The number of amides is 1. The molecule has 0 unspecified atom stereocenters. The monoisotopic (exact) mass is 317 g/mol.